The van der Waals surface area contributed by atoms with E-state index < -0.39 is 11.8 Å². The van der Waals surface area contributed by atoms with Gasteiger partial charge in [-0.2, -0.15) is 0 Å². The van der Waals surface area contributed by atoms with E-state index in [1.807, 2.05) is 19.1 Å². The quantitative estimate of drug-likeness (QED) is 0.585. The second-order valence-corrected chi connectivity index (χ2v) is 6.91. The molecule has 0 saturated carbocycles. The number of nitrogens with one attached hydrogen (secondary N) is 2. The maximum atomic E-state index is 13.4. The lowest BCUT2D eigenvalue weighted by Crippen LogP contribution is -2.41. The first-order valence-corrected chi connectivity index (χ1v) is 9.79. The van der Waals surface area contributed by atoms with Crippen molar-refractivity contribution in [1.29, 1.82) is 0 Å². The number of anilines is 2. The molecule has 0 spiro atoms. The van der Waals surface area contributed by atoms with E-state index >= 15 is 0 Å². The molecule has 160 valence electrons. The van der Waals surface area contributed by atoms with Gasteiger partial charge in [0.15, 0.2) is 0 Å². The van der Waals surface area contributed by atoms with E-state index in [9.17, 15) is 14.0 Å². The van der Waals surface area contributed by atoms with Gasteiger partial charge in [0.05, 0.1) is 7.11 Å². The molecule has 0 unspecified atom stereocenters. The molecular formula is C24H24FN3O3. The predicted octanol–water partition coefficient (Wildman–Crippen LogP) is 4.61. The van der Waals surface area contributed by atoms with Gasteiger partial charge in [-0.15, -0.1) is 0 Å². The molecule has 0 aliphatic carbocycles. The van der Waals surface area contributed by atoms with Gasteiger partial charge >= 0.3 is 6.03 Å². The molecule has 0 atom stereocenters. The van der Waals surface area contributed by atoms with Crippen molar-refractivity contribution < 1.29 is 18.7 Å². The summed E-state index contributed by atoms with van der Waals surface area (Å²) < 4.78 is 18.5. The van der Waals surface area contributed by atoms with Crippen molar-refractivity contribution in [2.75, 3.05) is 30.4 Å². The minimum Gasteiger partial charge on any atom is -0.497 e. The van der Waals surface area contributed by atoms with Crippen LogP contribution in [0.25, 0.3) is 0 Å². The molecule has 0 radical (unpaired) electrons. The van der Waals surface area contributed by atoms with Crippen molar-refractivity contribution in [2.24, 2.45) is 0 Å². The van der Waals surface area contributed by atoms with Crippen LogP contribution in [0.5, 0.6) is 5.75 Å². The maximum Gasteiger partial charge on any atom is 0.326 e. The number of carbonyl (C=O) groups is 2. The number of ether oxygens (including phenoxy) is 1. The number of aryl methyl sites for hydroxylation is 1. The monoisotopic (exact) mass is 421 g/mol. The van der Waals surface area contributed by atoms with Crippen molar-refractivity contribution in [1.82, 2.24) is 5.32 Å². The van der Waals surface area contributed by atoms with Gasteiger partial charge in [0.1, 0.15) is 11.6 Å². The zero-order valence-corrected chi connectivity index (χ0v) is 17.4. The number of carbonyl (C=O) groups excluding carboxylic acids is 2. The average molecular weight is 421 g/mol. The highest BCUT2D eigenvalue weighted by molar-refractivity contribution is 6.02. The fourth-order valence-corrected chi connectivity index (χ4v) is 2.95. The highest BCUT2D eigenvalue weighted by atomic mass is 19.1. The minimum absolute atomic E-state index is 0.193. The van der Waals surface area contributed by atoms with Crippen molar-refractivity contribution >= 4 is 23.3 Å². The van der Waals surface area contributed by atoms with Gasteiger partial charge in [-0.25, -0.2) is 9.18 Å². The van der Waals surface area contributed by atoms with Crippen LogP contribution in [0.4, 0.5) is 20.6 Å². The normalized spacial score (nSPS) is 10.3. The number of amides is 3. The third-order valence-corrected chi connectivity index (χ3v) is 4.64. The number of nitrogens with zero attached hydrogens (tertiary/aromatic N) is 1. The van der Waals surface area contributed by atoms with Crippen LogP contribution >= 0.6 is 0 Å². The summed E-state index contributed by atoms with van der Waals surface area (Å²) >= 11 is 0. The summed E-state index contributed by atoms with van der Waals surface area (Å²) in [5, 5.41) is 5.62. The lowest BCUT2D eigenvalue weighted by atomic mass is 10.1. The van der Waals surface area contributed by atoms with Crippen LogP contribution < -0.4 is 20.3 Å². The zero-order chi connectivity index (χ0) is 22.2. The van der Waals surface area contributed by atoms with Crippen LogP contribution in [0.3, 0.4) is 0 Å². The largest absolute Gasteiger partial charge is 0.497 e. The lowest BCUT2D eigenvalue weighted by molar-refractivity contribution is 0.0954. The van der Waals surface area contributed by atoms with E-state index in [2.05, 4.69) is 10.6 Å². The number of hydrogen-bond donors (Lipinski definition) is 2. The fourth-order valence-electron chi connectivity index (χ4n) is 2.95. The summed E-state index contributed by atoms with van der Waals surface area (Å²) in [6.07, 6.45) is 0. The molecule has 0 aliphatic heterocycles. The Morgan fingerprint density at radius 1 is 1.00 bits per heavy atom. The highest BCUT2D eigenvalue weighted by Gasteiger charge is 2.17. The van der Waals surface area contributed by atoms with Gasteiger partial charge in [-0.05, 0) is 55.5 Å². The van der Waals surface area contributed by atoms with Crippen molar-refractivity contribution in [3.05, 3.63) is 89.7 Å². The van der Waals surface area contributed by atoms with E-state index in [1.165, 1.54) is 29.2 Å². The average Bonchev–Trinajstić information content (AvgIpc) is 2.78. The molecule has 0 bridgehead atoms. The topological polar surface area (TPSA) is 70.7 Å². The third-order valence-electron chi connectivity index (χ3n) is 4.64. The van der Waals surface area contributed by atoms with Crippen LogP contribution in [0.15, 0.2) is 72.8 Å². The molecule has 0 aliphatic rings. The Morgan fingerprint density at radius 2 is 1.71 bits per heavy atom. The van der Waals surface area contributed by atoms with Crippen LogP contribution in [0, 0.1) is 12.7 Å². The summed E-state index contributed by atoms with van der Waals surface area (Å²) in [6.45, 7) is 2.36. The number of benzene rings is 3. The summed E-state index contributed by atoms with van der Waals surface area (Å²) in [5.41, 5.74) is 2.67. The molecule has 2 N–H and O–H groups in total. The van der Waals surface area contributed by atoms with Crippen LogP contribution in [0.1, 0.15) is 15.9 Å². The second kappa shape index (κ2) is 10.2. The molecular weight excluding hydrogens is 397 g/mol. The van der Waals surface area contributed by atoms with E-state index in [1.54, 1.807) is 43.5 Å². The molecule has 3 aromatic rings. The molecule has 0 heterocycles. The smallest absolute Gasteiger partial charge is 0.326 e. The Morgan fingerprint density at radius 3 is 2.39 bits per heavy atom. The van der Waals surface area contributed by atoms with E-state index in [0.29, 0.717) is 22.7 Å². The molecule has 6 nitrogen and oxygen atoms in total. The molecule has 0 saturated heterocycles. The van der Waals surface area contributed by atoms with E-state index in [4.69, 9.17) is 4.74 Å². The number of hydrogen-bond acceptors (Lipinski definition) is 3. The van der Waals surface area contributed by atoms with Gasteiger partial charge in [-0.1, -0.05) is 23.8 Å². The molecule has 3 aromatic carbocycles. The SMILES string of the molecule is COc1cccc(NC(=O)N(CCNC(=O)c2ccc(C)cc2)c2ccc(F)cc2)c1. The van der Waals surface area contributed by atoms with E-state index in [-0.39, 0.29) is 19.0 Å². The van der Waals surface area contributed by atoms with Gasteiger partial charge < -0.3 is 15.4 Å². The van der Waals surface area contributed by atoms with E-state index in [0.717, 1.165) is 5.56 Å². The van der Waals surface area contributed by atoms with Crippen molar-refractivity contribution in [3.8, 4) is 5.75 Å². The Kier molecular flexibility index (Phi) is 7.22. The predicted molar refractivity (Wildman–Crippen MR) is 119 cm³/mol. The summed E-state index contributed by atoms with van der Waals surface area (Å²) in [4.78, 5) is 26.7. The molecule has 0 fully saturated rings. The van der Waals surface area contributed by atoms with Crippen LogP contribution in [-0.2, 0) is 0 Å². The van der Waals surface area contributed by atoms with Gasteiger partial charge in [0.25, 0.3) is 5.91 Å². The Hall–Kier alpha value is -3.87. The lowest BCUT2D eigenvalue weighted by Gasteiger charge is -2.23. The number of rotatable bonds is 7. The standard InChI is InChI=1S/C24H24FN3O3/c1-17-6-8-18(9-7-17)23(29)26-14-15-28(21-12-10-19(25)11-13-21)24(30)27-20-4-3-5-22(16-20)31-2/h3-13,16H,14-15H2,1-2H3,(H,26,29)(H,27,30). The first-order valence-electron chi connectivity index (χ1n) is 9.79. The summed E-state index contributed by atoms with van der Waals surface area (Å²) in [6, 6.07) is 19.4. The first kappa shape index (κ1) is 21.8. The molecule has 0 aromatic heterocycles. The van der Waals surface area contributed by atoms with Gasteiger partial charge in [0, 0.05) is 36.1 Å². The minimum atomic E-state index is -0.413. The highest BCUT2D eigenvalue weighted by Crippen LogP contribution is 2.20. The Bertz CT molecular complexity index is 1040. The van der Waals surface area contributed by atoms with Gasteiger partial charge in [0.2, 0.25) is 0 Å². The molecule has 3 rings (SSSR count). The fraction of sp³-hybridized carbons (Fsp3) is 0.167. The van der Waals surface area contributed by atoms with Crippen LogP contribution in [0.2, 0.25) is 0 Å². The molecule has 31 heavy (non-hydrogen) atoms. The molecule has 7 heteroatoms. The Labute approximate surface area is 180 Å². The zero-order valence-electron chi connectivity index (χ0n) is 17.4. The first-order chi connectivity index (χ1) is 15.0. The summed E-state index contributed by atoms with van der Waals surface area (Å²) in [7, 11) is 1.54. The number of urea groups is 1. The van der Waals surface area contributed by atoms with Crippen molar-refractivity contribution in [3.63, 3.8) is 0 Å². The summed E-state index contributed by atoms with van der Waals surface area (Å²) in [5.74, 6) is -0.0201. The maximum absolute atomic E-state index is 13.4. The number of methoxy groups -OCH3 is 1. The Balaban J connectivity index is 1.70. The number of halogens is 1. The van der Waals surface area contributed by atoms with Crippen LogP contribution in [-0.4, -0.2) is 32.1 Å². The third kappa shape index (κ3) is 6.05. The van der Waals surface area contributed by atoms with Crippen molar-refractivity contribution in [2.45, 2.75) is 6.92 Å². The second-order valence-electron chi connectivity index (χ2n) is 6.91. The molecule has 3 amide bonds. The van der Waals surface area contributed by atoms with Gasteiger partial charge in [-0.3, -0.25) is 9.69 Å².